The van der Waals surface area contributed by atoms with E-state index in [-0.39, 0.29) is 6.10 Å². The number of ether oxygens (including phenoxy) is 3. The van der Waals surface area contributed by atoms with E-state index in [1.54, 1.807) is 26.4 Å². The standard InChI is InChI=1S/C24H39F3O3/c1-4-5-6-7-8-9-10-14-22(30-23(28-2)29-3)15-12-11-13-20-16-18-21(19-17-20)24(25,26)27/h16-19,22-23H,4-15H2,1-3H3. The fourth-order valence-corrected chi connectivity index (χ4v) is 3.54. The van der Waals surface area contributed by atoms with Gasteiger partial charge in [0.25, 0.3) is 6.48 Å². The molecule has 1 aromatic carbocycles. The Morgan fingerprint density at radius 3 is 1.83 bits per heavy atom. The molecule has 0 saturated carbocycles. The molecule has 1 rings (SSSR count). The number of alkyl halides is 3. The maximum atomic E-state index is 12.6. The molecule has 0 aliphatic heterocycles. The molecule has 174 valence electrons. The molecule has 0 heterocycles. The normalized spacial score (nSPS) is 13.2. The molecule has 1 atom stereocenters. The second-order valence-electron chi connectivity index (χ2n) is 7.87. The van der Waals surface area contributed by atoms with Crippen molar-refractivity contribution in [3.05, 3.63) is 35.4 Å². The average Bonchev–Trinajstić information content (AvgIpc) is 2.73. The van der Waals surface area contributed by atoms with Crippen molar-refractivity contribution in [2.45, 2.75) is 103 Å². The maximum Gasteiger partial charge on any atom is 0.416 e. The van der Waals surface area contributed by atoms with Gasteiger partial charge in [0.15, 0.2) is 0 Å². The quantitative estimate of drug-likeness (QED) is 0.188. The highest BCUT2D eigenvalue weighted by Crippen LogP contribution is 2.29. The molecule has 1 aromatic rings. The van der Waals surface area contributed by atoms with Gasteiger partial charge in [-0.1, -0.05) is 70.4 Å². The summed E-state index contributed by atoms with van der Waals surface area (Å²) in [6.07, 6.45) is 9.05. The lowest BCUT2D eigenvalue weighted by molar-refractivity contribution is -0.285. The summed E-state index contributed by atoms with van der Waals surface area (Å²) >= 11 is 0. The molecule has 0 spiro atoms. The highest BCUT2D eigenvalue weighted by atomic mass is 19.4. The Morgan fingerprint density at radius 1 is 0.767 bits per heavy atom. The zero-order valence-corrected chi connectivity index (χ0v) is 18.8. The third kappa shape index (κ3) is 11.9. The van der Waals surface area contributed by atoms with Crippen LogP contribution in [0.4, 0.5) is 13.2 Å². The third-order valence-electron chi connectivity index (χ3n) is 5.34. The van der Waals surface area contributed by atoms with Crippen molar-refractivity contribution < 1.29 is 27.4 Å². The first-order valence-electron chi connectivity index (χ1n) is 11.3. The first-order valence-corrected chi connectivity index (χ1v) is 11.3. The Bertz CT molecular complexity index is 527. The van der Waals surface area contributed by atoms with E-state index in [9.17, 15) is 13.2 Å². The van der Waals surface area contributed by atoms with Crippen LogP contribution in [-0.2, 0) is 26.8 Å². The Morgan fingerprint density at radius 2 is 1.30 bits per heavy atom. The molecule has 0 saturated heterocycles. The van der Waals surface area contributed by atoms with E-state index in [1.807, 2.05) is 0 Å². The fraction of sp³-hybridized carbons (Fsp3) is 0.750. The number of unbranched alkanes of at least 4 members (excludes halogenated alkanes) is 7. The van der Waals surface area contributed by atoms with E-state index in [1.165, 1.54) is 38.5 Å². The minimum absolute atomic E-state index is 0.0677. The topological polar surface area (TPSA) is 27.7 Å². The lowest BCUT2D eigenvalue weighted by Crippen LogP contribution is -2.25. The van der Waals surface area contributed by atoms with Gasteiger partial charge < -0.3 is 14.2 Å². The molecular formula is C24H39F3O3. The number of aryl methyl sites for hydroxylation is 1. The summed E-state index contributed by atoms with van der Waals surface area (Å²) in [5.74, 6) is 0. The summed E-state index contributed by atoms with van der Waals surface area (Å²) in [6, 6.07) is 5.45. The van der Waals surface area contributed by atoms with Crippen LogP contribution in [-0.4, -0.2) is 26.8 Å². The van der Waals surface area contributed by atoms with E-state index >= 15 is 0 Å². The van der Waals surface area contributed by atoms with Crippen LogP contribution < -0.4 is 0 Å². The summed E-state index contributed by atoms with van der Waals surface area (Å²) in [4.78, 5) is 0. The third-order valence-corrected chi connectivity index (χ3v) is 5.34. The summed E-state index contributed by atoms with van der Waals surface area (Å²) in [6.45, 7) is 1.57. The molecule has 1 unspecified atom stereocenters. The van der Waals surface area contributed by atoms with Gasteiger partial charge >= 0.3 is 6.18 Å². The van der Waals surface area contributed by atoms with Gasteiger partial charge in [-0.15, -0.1) is 0 Å². The molecule has 0 N–H and O–H groups in total. The van der Waals surface area contributed by atoms with Gasteiger partial charge in [-0.2, -0.15) is 13.2 Å². The van der Waals surface area contributed by atoms with Crippen molar-refractivity contribution in [2.75, 3.05) is 14.2 Å². The number of hydrogen-bond donors (Lipinski definition) is 0. The molecule has 0 amide bonds. The minimum atomic E-state index is -4.28. The number of hydrogen-bond acceptors (Lipinski definition) is 3. The Labute approximate surface area is 180 Å². The van der Waals surface area contributed by atoms with E-state index in [0.717, 1.165) is 56.2 Å². The molecule has 0 bridgehead atoms. The molecule has 0 aliphatic rings. The molecule has 0 radical (unpaired) electrons. The predicted octanol–water partition coefficient (Wildman–Crippen LogP) is 7.52. The van der Waals surface area contributed by atoms with Crippen molar-refractivity contribution in [2.24, 2.45) is 0 Å². The smallest absolute Gasteiger partial charge is 0.333 e. The van der Waals surface area contributed by atoms with E-state index in [0.29, 0.717) is 0 Å². The average molecular weight is 433 g/mol. The first-order chi connectivity index (χ1) is 14.4. The van der Waals surface area contributed by atoms with Gasteiger partial charge in [0.1, 0.15) is 0 Å². The van der Waals surface area contributed by atoms with Gasteiger partial charge in [0, 0.05) is 14.2 Å². The predicted molar refractivity (Wildman–Crippen MR) is 114 cm³/mol. The van der Waals surface area contributed by atoms with Crippen molar-refractivity contribution in [3.8, 4) is 0 Å². The van der Waals surface area contributed by atoms with Crippen LogP contribution in [0.3, 0.4) is 0 Å². The summed E-state index contributed by atoms with van der Waals surface area (Å²) in [5.41, 5.74) is 0.332. The number of rotatable bonds is 17. The molecule has 3 nitrogen and oxygen atoms in total. The van der Waals surface area contributed by atoms with E-state index < -0.39 is 18.2 Å². The lowest BCUT2D eigenvalue weighted by Gasteiger charge is -2.23. The zero-order chi connectivity index (χ0) is 22.2. The summed E-state index contributed by atoms with van der Waals surface area (Å²) in [7, 11) is 3.12. The Kier molecular flexibility index (Phi) is 14.1. The fourth-order valence-electron chi connectivity index (χ4n) is 3.54. The number of halogens is 3. The number of methoxy groups -OCH3 is 2. The van der Waals surface area contributed by atoms with Gasteiger partial charge in [-0.05, 0) is 43.4 Å². The van der Waals surface area contributed by atoms with Crippen LogP contribution in [0.1, 0.15) is 88.7 Å². The largest absolute Gasteiger partial charge is 0.416 e. The van der Waals surface area contributed by atoms with Gasteiger partial charge in [-0.3, -0.25) is 0 Å². The van der Waals surface area contributed by atoms with Crippen LogP contribution in [0.2, 0.25) is 0 Å². The van der Waals surface area contributed by atoms with E-state index in [4.69, 9.17) is 14.2 Å². The molecule has 0 aliphatic carbocycles. The Hall–Kier alpha value is -1.11. The highest BCUT2D eigenvalue weighted by Gasteiger charge is 2.29. The van der Waals surface area contributed by atoms with Crippen molar-refractivity contribution >= 4 is 0 Å². The Balaban J connectivity index is 2.35. The monoisotopic (exact) mass is 432 g/mol. The van der Waals surface area contributed by atoms with Crippen molar-refractivity contribution in [1.29, 1.82) is 0 Å². The molecule has 30 heavy (non-hydrogen) atoms. The summed E-state index contributed by atoms with van der Waals surface area (Å²) < 4.78 is 54.2. The first kappa shape index (κ1) is 26.9. The van der Waals surface area contributed by atoms with Gasteiger partial charge in [0.05, 0.1) is 11.7 Å². The number of benzene rings is 1. The molecule has 0 fully saturated rings. The van der Waals surface area contributed by atoms with Crippen LogP contribution in [0.25, 0.3) is 0 Å². The summed E-state index contributed by atoms with van der Waals surface area (Å²) in [5, 5.41) is 0. The van der Waals surface area contributed by atoms with Gasteiger partial charge in [0.2, 0.25) is 0 Å². The van der Waals surface area contributed by atoms with Crippen molar-refractivity contribution in [3.63, 3.8) is 0 Å². The second kappa shape index (κ2) is 15.7. The molecule has 0 aromatic heterocycles. The van der Waals surface area contributed by atoms with Crippen LogP contribution in [0.5, 0.6) is 0 Å². The SMILES string of the molecule is CCCCCCCCCC(CCCCc1ccc(C(F)(F)F)cc1)OC(OC)OC. The van der Waals surface area contributed by atoms with Crippen LogP contribution in [0.15, 0.2) is 24.3 Å². The minimum Gasteiger partial charge on any atom is -0.333 e. The van der Waals surface area contributed by atoms with Gasteiger partial charge in [-0.25, -0.2) is 0 Å². The van der Waals surface area contributed by atoms with E-state index in [2.05, 4.69) is 6.92 Å². The van der Waals surface area contributed by atoms with Crippen LogP contribution in [0, 0.1) is 0 Å². The highest BCUT2D eigenvalue weighted by molar-refractivity contribution is 5.24. The maximum absolute atomic E-state index is 12.6. The van der Waals surface area contributed by atoms with Crippen LogP contribution >= 0.6 is 0 Å². The lowest BCUT2D eigenvalue weighted by atomic mass is 10.0. The molecule has 6 heteroatoms. The van der Waals surface area contributed by atoms with Crippen molar-refractivity contribution in [1.82, 2.24) is 0 Å². The molecular weight excluding hydrogens is 393 g/mol. The second-order valence-corrected chi connectivity index (χ2v) is 7.87. The zero-order valence-electron chi connectivity index (χ0n) is 18.8.